The summed E-state index contributed by atoms with van der Waals surface area (Å²) in [6, 6.07) is 6.05. The standard InChI is InChI=1S/C13H18N2O/c1-15(2)6-5-11-8-14-13-4-3-10(9-16)7-12(11)13/h3-4,7-8,14,16H,5-6,9H2,1-2H3. The number of hydrogen-bond acceptors (Lipinski definition) is 2. The van der Waals surface area contributed by atoms with Gasteiger partial charge in [-0.25, -0.2) is 0 Å². The highest BCUT2D eigenvalue weighted by atomic mass is 16.3. The van der Waals surface area contributed by atoms with Gasteiger partial charge in [0.25, 0.3) is 0 Å². The van der Waals surface area contributed by atoms with E-state index in [1.54, 1.807) is 0 Å². The number of nitrogens with zero attached hydrogens (tertiary/aromatic N) is 1. The Hall–Kier alpha value is -1.32. The third-order valence-electron chi connectivity index (χ3n) is 2.84. The molecule has 0 fully saturated rings. The molecule has 16 heavy (non-hydrogen) atoms. The fraction of sp³-hybridized carbons (Fsp3) is 0.385. The van der Waals surface area contributed by atoms with Gasteiger partial charge in [-0.2, -0.15) is 0 Å². The van der Waals surface area contributed by atoms with Gasteiger partial charge < -0.3 is 15.0 Å². The van der Waals surface area contributed by atoms with Gasteiger partial charge in [-0.05, 0) is 43.8 Å². The van der Waals surface area contributed by atoms with Crippen LogP contribution in [-0.4, -0.2) is 35.6 Å². The molecule has 2 aromatic rings. The minimum atomic E-state index is 0.105. The Morgan fingerprint density at radius 1 is 1.31 bits per heavy atom. The summed E-state index contributed by atoms with van der Waals surface area (Å²) in [6.45, 7) is 1.14. The van der Waals surface area contributed by atoms with Gasteiger partial charge in [-0.15, -0.1) is 0 Å². The Kier molecular flexibility index (Phi) is 3.27. The van der Waals surface area contributed by atoms with Crippen molar-refractivity contribution in [3.05, 3.63) is 35.5 Å². The largest absolute Gasteiger partial charge is 0.392 e. The summed E-state index contributed by atoms with van der Waals surface area (Å²) in [5, 5.41) is 10.4. The molecule has 0 aliphatic rings. The smallest absolute Gasteiger partial charge is 0.0682 e. The van der Waals surface area contributed by atoms with Gasteiger partial charge in [0.05, 0.1) is 6.61 Å². The Balaban J connectivity index is 2.30. The number of rotatable bonds is 4. The van der Waals surface area contributed by atoms with Crippen LogP contribution in [0.1, 0.15) is 11.1 Å². The van der Waals surface area contributed by atoms with Gasteiger partial charge in [-0.1, -0.05) is 6.07 Å². The summed E-state index contributed by atoms with van der Waals surface area (Å²) in [5.41, 5.74) is 3.43. The summed E-state index contributed by atoms with van der Waals surface area (Å²) in [6.07, 6.45) is 3.09. The maximum Gasteiger partial charge on any atom is 0.0682 e. The third kappa shape index (κ3) is 2.26. The predicted octanol–water partition coefficient (Wildman–Crippen LogP) is 1.76. The zero-order chi connectivity index (χ0) is 11.5. The summed E-state index contributed by atoms with van der Waals surface area (Å²) in [7, 11) is 4.15. The highest BCUT2D eigenvalue weighted by Gasteiger charge is 2.04. The number of benzene rings is 1. The van der Waals surface area contributed by atoms with E-state index in [-0.39, 0.29) is 6.61 Å². The molecule has 0 unspecified atom stereocenters. The number of aliphatic hydroxyl groups excluding tert-OH is 1. The molecule has 1 heterocycles. The molecular weight excluding hydrogens is 200 g/mol. The Morgan fingerprint density at radius 3 is 2.81 bits per heavy atom. The van der Waals surface area contributed by atoms with Crippen molar-refractivity contribution in [2.24, 2.45) is 0 Å². The predicted molar refractivity (Wildman–Crippen MR) is 66.5 cm³/mol. The number of aliphatic hydroxyl groups is 1. The summed E-state index contributed by atoms with van der Waals surface area (Å²) in [4.78, 5) is 5.44. The molecule has 3 heteroatoms. The van der Waals surface area contributed by atoms with Gasteiger partial charge >= 0.3 is 0 Å². The third-order valence-corrected chi connectivity index (χ3v) is 2.84. The average Bonchev–Trinajstić information content (AvgIpc) is 2.68. The van der Waals surface area contributed by atoms with Crippen LogP contribution >= 0.6 is 0 Å². The van der Waals surface area contributed by atoms with Crippen LogP contribution in [0, 0.1) is 0 Å². The van der Waals surface area contributed by atoms with Crippen molar-refractivity contribution in [3.8, 4) is 0 Å². The monoisotopic (exact) mass is 218 g/mol. The number of H-pyrrole nitrogens is 1. The Labute approximate surface area is 95.7 Å². The van der Waals surface area contributed by atoms with Crippen LogP contribution in [0.3, 0.4) is 0 Å². The first-order chi connectivity index (χ1) is 7.70. The minimum Gasteiger partial charge on any atom is -0.392 e. The number of nitrogens with one attached hydrogen (secondary N) is 1. The molecule has 1 aromatic carbocycles. The van der Waals surface area contributed by atoms with E-state index in [2.05, 4.69) is 36.2 Å². The second kappa shape index (κ2) is 4.68. The number of aromatic amines is 1. The molecule has 0 saturated heterocycles. The summed E-state index contributed by atoms with van der Waals surface area (Å²) in [5.74, 6) is 0. The van der Waals surface area contributed by atoms with Gasteiger partial charge in [0.2, 0.25) is 0 Å². The Bertz CT molecular complexity index is 474. The number of hydrogen-bond donors (Lipinski definition) is 2. The molecule has 2 rings (SSSR count). The first kappa shape index (κ1) is 11.2. The van der Waals surface area contributed by atoms with Crippen molar-refractivity contribution < 1.29 is 5.11 Å². The highest BCUT2D eigenvalue weighted by Crippen LogP contribution is 2.20. The summed E-state index contributed by atoms with van der Waals surface area (Å²) < 4.78 is 0. The molecule has 0 atom stereocenters. The molecule has 1 aromatic heterocycles. The zero-order valence-corrected chi connectivity index (χ0v) is 9.83. The number of aromatic nitrogens is 1. The fourth-order valence-corrected chi connectivity index (χ4v) is 1.87. The SMILES string of the molecule is CN(C)CCc1c[nH]c2ccc(CO)cc12. The lowest BCUT2D eigenvalue weighted by Crippen LogP contribution is -2.14. The van der Waals surface area contributed by atoms with Gasteiger partial charge in [0.15, 0.2) is 0 Å². The van der Waals surface area contributed by atoms with Crippen LogP contribution in [-0.2, 0) is 13.0 Å². The van der Waals surface area contributed by atoms with Crippen LogP contribution < -0.4 is 0 Å². The van der Waals surface area contributed by atoms with Crippen LogP contribution in [0.25, 0.3) is 10.9 Å². The van der Waals surface area contributed by atoms with Crippen LogP contribution in [0.5, 0.6) is 0 Å². The van der Waals surface area contributed by atoms with E-state index in [1.807, 2.05) is 12.1 Å². The van der Waals surface area contributed by atoms with Gasteiger partial charge in [0, 0.05) is 23.6 Å². The first-order valence-electron chi connectivity index (χ1n) is 5.55. The normalized spacial score (nSPS) is 11.5. The number of likely N-dealkylation sites (N-methyl/N-ethyl adjacent to an activating group) is 1. The molecular formula is C13H18N2O. The van der Waals surface area contributed by atoms with Crippen LogP contribution in [0.4, 0.5) is 0 Å². The van der Waals surface area contributed by atoms with Crippen LogP contribution in [0.15, 0.2) is 24.4 Å². The maximum atomic E-state index is 9.13. The lowest BCUT2D eigenvalue weighted by atomic mass is 10.1. The van der Waals surface area contributed by atoms with Crippen molar-refractivity contribution in [1.82, 2.24) is 9.88 Å². The molecule has 0 radical (unpaired) electrons. The number of fused-ring (bicyclic) bond motifs is 1. The summed E-state index contributed by atoms with van der Waals surface area (Å²) >= 11 is 0. The Morgan fingerprint density at radius 2 is 2.12 bits per heavy atom. The van der Waals surface area contributed by atoms with E-state index >= 15 is 0 Å². The average molecular weight is 218 g/mol. The van der Waals surface area contributed by atoms with Crippen molar-refractivity contribution >= 4 is 10.9 Å². The minimum absolute atomic E-state index is 0.105. The van der Waals surface area contributed by atoms with E-state index in [4.69, 9.17) is 5.11 Å². The van der Waals surface area contributed by atoms with E-state index in [0.717, 1.165) is 24.0 Å². The molecule has 0 aliphatic carbocycles. The molecule has 0 saturated carbocycles. The lowest BCUT2D eigenvalue weighted by molar-refractivity contribution is 0.282. The van der Waals surface area contributed by atoms with E-state index < -0.39 is 0 Å². The van der Waals surface area contributed by atoms with Crippen molar-refractivity contribution in [3.63, 3.8) is 0 Å². The molecule has 0 amide bonds. The molecule has 2 N–H and O–H groups in total. The van der Waals surface area contributed by atoms with Crippen molar-refractivity contribution in [2.75, 3.05) is 20.6 Å². The van der Waals surface area contributed by atoms with Crippen molar-refractivity contribution in [1.29, 1.82) is 0 Å². The molecule has 0 bridgehead atoms. The lowest BCUT2D eigenvalue weighted by Gasteiger charge is -2.08. The molecule has 0 spiro atoms. The topological polar surface area (TPSA) is 39.3 Å². The molecule has 0 aliphatic heterocycles. The fourth-order valence-electron chi connectivity index (χ4n) is 1.87. The highest BCUT2D eigenvalue weighted by molar-refractivity contribution is 5.83. The second-order valence-electron chi connectivity index (χ2n) is 4.41. The maximum absolute atomic E-state index is 9.13. The van der Waals surface area contributed by atoms with Gasteiger partial charge in [0.1, 0.15) is 0 Å². The van der Waals surface area contributed by atoms with E-state index in [9.17, 15) is 0 Å². The van der Waals surface area contributed by atoms with E-state index in [1.165, 1.54) is 10.9 Å². The van der Waals surface area contributed by atoms with E-state index in [0.29, 0.717) is 0 Å². The van der Waals surface area contributed by atoms with Crippen molar-refractivity contribution in [2.45, 2.75) is 13.0 Å². The molecule has 3 nitrogen and oxygen atoms in total. The van der Waals surface area contributed by atoms with Crippen LogP contribution in [0.2, 0.25) is 0 Å². The van der Waals surface area contributed by atoms with Gasteiger partial charge in [-0.3, -0.25) is 0 Å². The zero-order valence-electron chi connectivity index (χ0n) is 9.83. The molecule has 86 valence electrons. The quantitative estimate of drug-likeness (QED) is 0.821. The second-order valence-corrected chi connectivity index (χ2v) is 4.41. The first-order valence-corrected chi connectivity index (χ1v) is 5.55.